The Morgan fingerprint density at radius 2 is 1.82 bits per heavy atom. The molecule has 1 aliphatic carbocycles. The molecule has 0 spiro atoms. The summed E-state index contributed by atoms with van der Waals surface area (Å²) >= 11 is 1.30. The van der Waals surface area contributed by atoms with Crippen molar-refractivity contribution < 1.29 is 4.79 Å². The second-order valence-electron chi connectivity index (χ2n) is 7.25. The van der Waals surface area contributed by atoms with E-state index in [2.05, 4.69) is 31.0 Å². The number of Topliss-reactive ketones (excluding diaryl/α,β-unsaturated/α-hetero) is 1. The van der Waals surface area contributed by atoms with Crippen LogP contribution in [0.1, 0.15) is 62.1 Å². The average molecular weight is 391 g/mol. The van der Waals surface area contributed by atoms with Crippen LogP contribution in [-0.4, -0.2) is 16.0 Å². The summed E-state index contributed by atoms with van der Waals surface area (Å²) in [5, 5.41) is 19.7. The van der Waals surface area contributed by atoms with Gasteiger partial charge in [0.05, 0.1) is 10.8 Å². The molecule has 1 heterocycles. The van der Waals surface area contributed by atoms with Crippen molar-refractivity contribution in [1.82, 2.24) is 4.98 Å². The summed E-state index contributed by atoms with van der Waals surface area (Å²) in [4.78, 5) is 16.6. The Bertz CT molecular complexity index is 984. The van der Waals surface area contributed by atoms with Crippen molar-refractivity contribution in [3.8, 4) is 23.3 Å². The molecule has 0 bridgehead atoms. The molecule has 1 atom stereocenters. The highest BCUT2D eigenvalue weighted by Crippen LogP contribution is 2.39. The highest BCUT2D eigenvalue weighted by molar-refractivity contribution is 8.00. The van der Waals surface area contributed by atoms with E-state index in [1.807, 2.05) is 24.3 Å². The largest absolute Gasteiger partial charge is 0.383 e. The summed E-state index contributed by atoms with van der Waals surface area (Å²) in [5.41, 5.74) is 9.01. The van der Waals surface area contributed by atoms with Gasteiger partial charge in [-0.25, -0.2) is 4.98 Å². The smallest absolute Gasteiger partial charge is 0.146 e. The number of benzene rings is 1. The quantitative estimate of drug-likeness (QED) is 0.804. The lowest BCUT2D eigenvalue weighted by atomic mass is 9.94. The SMILES string of the molecule is CC(C)c1ccc(-c2c(C#N)c(N)nc(S[C@@H]3CCCCC3=O)c2C#N)cc1. The predicted octanol–water partition coefficient (Wildman–Crippen LogP) is 4.80. The normalized spacial score (nSPS) is 16.6. The minimum atomic E-state index is -0.211. The fourth-order valence-corrected chi connectivity index (χ4v) is 4.64. The third-order valence-corrected chi connectivity index (χ3v) is 6.34. The molecule has 2 aromatic rings. The minimum absolute atomic E-state index is 0.0928. The molecule has 0 amide bonds. The summed E-state index contributed by atoms with van der Waals surface area (Å²) in [5.74, 6) is 0.661. The van der Waals surface area contributed by atoms with Crippen LogP contribution >= 0.6 is 11.8 Å². The number of rotatable bonds is 4. The standard InChI is InChI=1S/C22H22N4OS/c1-13(2)14-7-9-15(10-8-14)20-16(11-23)21(25)26-22(17(20)12-24)28-19-6-4-3-5-18(19)27/h7-10,13,19H,3-6H2,1-2H3,(H2,25,26)/t19-/m1/s1. The zero-order valence-electron chi connectivity index (χ0n) is 16.0. The molecule has 1 aromatic carbocycles. The van der Waals surface area contributed by atoms with Gasteiger partial charge in [0.15, 0.2) is 0 Å². The molecule has 1 fully saturated rings. The molecule has 1 saturated carbocycles. The van der Waals surface area contributed by atoms with Gasteiger partial charge in [0.2, 0.25) is 0 Å². The molecule has 0 unspecified atom stereocenters. The molecule has 28 heavy (non-hydrogen) atoms. The van der Waals surface area contributed by atoms with Crippen LogP contribution in [-0.2, 0) is 4.79 Å². The van der Waals surface area contributed by atoms with Gasteiger partial charge in [-0.05, 0) is 29.9 Å². The van der Waals surface area contributed by atoms with Crippen LogP contribution in [0, 0.1) is 22.7 Å². The molecule has 0 aliphatic heterocycles. The van der Waals surface area contributed by atoms with Crippen LogP contribution < -0.4 is 5.73 Å². The van der Waals surface area contributed by atoms with Gasteiger partial charge in [-0.1, -0.05) is 56.3 Å². The Balaban J connectivity index is 2.12. The lowest BCUT2D eigenvalue weighted by Crippen LogP contribution is -2.21. The number of anilines is 1. The van der Waals surface area contributed by atoms with E-state index >= 15 is 0 Å². The first kappa shape index (κ1) is 19.9. The van der Waals surface area contributed by atoms with Gasteiger partial charge < -0.3 is 5.73 Å². The minimum Gasteiger partial charge on any atom is -0.383 e. The number of nitriles is 2. The van der Waals surface area contributed by atoms with Gasteiger partial charge in [-0.15, -0.1) is 0 Å². The number of ketones is 1. The number of thioether (sulfide) groups is 1. The highest BCUT2D eigenvalue weighted by atomic mass is 32.2. The Morgan fingerprint density at radius 1 is 1.14 bits per heavy atom. The summed E-state index contributed by atoms with van der Waals surface area (Å²) in [6.45, 7) is 4.22. The monoisotopic (exact) mass is 390 g/mol. The van der Waals surface area contributed by atoms with Crippen LogP contribution in [0.4, 0.5) is 5.82 Å². The maximum Gasteiger partial charge on any atom is 0.146 e. The van der Waals surface area contributed by atoms with Crippen molar-refractivity contribution >= 4 is 23.4 Å². The molecular formula is C22H22N4OS. The number of hydrogen-bond acceptors (Lipinski definition) is 6. The third kappa shape index (κ3) is 3.88. The number of nitrogens with zero attached hydrogens (tertiary/aromatic N) is 3. The van der Waals surface area contributed by atoms with Gasteiger partial charge in [0, 0.05) is 12.0 Å². The molecule has 0 saturated heterocycles. The molecule has 6 heteroatoms. The first-order chi connectivity index (χ1) is 13.5. The lowest BCUT2D eigenvalue weighted by molar-refractivity contribution is -0.119. The van der Waals surface area contributed by atoms with Gasteiger partial charge in [0.25, 0.3) is 0 Å². The van der Waals surface area contributed by atoms with E-state index in [1.54, 1.807) is 0 Å². The van der Waals surface area contributed by atoms with Crippen LogP contribution in [0.25, 0.3) is 11.1 Å². The van der Waals surface area contributed by atoms with Crippen LogP contribution in [0.3, 0.4) is 0 Å². The first-order valence-electron chi connectivity index (χ1n) is 9.39. The summed E-state index contributed by atoms with van der Waals surface area (Å²) < 4.78 is 0. The second kappa shape index (κ2) is 8.46. The maximum absolute atomic E-state index is 12.2. The fourth-order valence-electron chi connectivity index (χ4n) is 3.42. The number of nitrogen functional groups attached to an aromatic ring is 1. The molecule has 2 N–H and O–H groups in total. The molecule has 1 aliphatic rings. The zero-order chi connectivity index (χ0) is 20.3. The fraction of sp³-hybridized carbons (Fsp3) is 0.364. The van der Waals surface area contributed by atoms with E-state index in [1.165, 1.54) is 17.3 Å². The van der Waals surface area contributed by atoms with Crippen molar-refractivity contribution in [3.05, 3.63) is 41.0 Å². The molecular weight excluding hydrogens is 368 g/mol. The van der Waals surface area contributed by atoms with E-state index in [0.29, 0.717) is 28.5 Å². The molecule has 3 rings (SSSR count). The van der Waals surface area contributed by atoms with Gasteiger partial charge in [-0.2, -0.15) is 10.5 Å². The molecule has 142 valence electrons. The Hall–Kier alpha value is -2.83. The van der Waals surface area contributed by atoms with Crippen molar-refractivity contribution in [2.45, 2.75) is 55.7 Å². The number of carbonyl (C=O) groups is 1. The van der Waals surface area contributed by atoms with E-state index in [9.17, 15) is 15.3 Å². The highest BCUT2D eigenvalue weighted by Gasteiger charge is 2.27. The van der Waals surface area contributed by atoms with E-state index in [4.69, 9.17) is 5.73 Å². The Morgan fingerprint density at radius 3 is 2.39 bits per heavy atom. The van der Waals surface area contributed by atoms with Crippen LogP contribution in [0.15, 0.2) is 29.3 Å². The van der Waals surface area contributed by atoms with Crippen molar-refractivity contribution in [2.24, 2.45) is 0 Å². The molecule has 1 aromatic heterocycles. The second-order valence-corrected chi connectivity index (χ2v) is 8.44. The van der Waals surface area contributed by atoms with Gasteiger partial charge in [0.1, 0.15) is 34.3 Å². The lowest BCUT2D eigenvalue weighted by Gasteiger charge is -2.21. The van der Waals surface area contributed by atoms with Crippen molar-refractivity contribution in [2.75, 3.05) is 5.73 Å². The summed E-state index contributed by atoms with van der Waals surface area (Å²) in [7, 11) is 0. The first-order valence-corrected chi connectivity index (χ1v) is 10.3. The number of pyridine rings is 1. The van der Waals surface area contributed by atoms with Crippen molar-refractivity contribution in [3.63, 3.8) is 0 Å². The topological polar surface area (TPSA) is 104 Å². The van der Waals surface area contributed by atoms with E-state index < -0.39 is 0 Å². The third-order valence-electron chi connectivity index (χ3n) is 5.03. The average Bonchev–Trinajstić information content (AvgIpc) is 2.69. The summed E-state index contributed by atoms with van der Waals surface area (Å²) in [6, 6.07) is 12.1. The van der Waals surface area contributed by atoms with Gasteiger partial charge >= 0.3 is 0 Å². The van der Waals surface area contributed by atoms with Crippen molar-refractivity contribution in [1.29, 1.82) is 10.5 Å². The molecule has 5 nitrogen and oxygen atoms in total. The van der Waals surface area contributed by atoms with E-state index in [-0.39, 0.29) is 22.4 Å². The molecule has 0 radical (unpaired) electrons. The number of hydrogen-bond donors (Lipinski definition) is 1. The Kier molecular flexibility index (Phi) is 6.02. The number of carbonyl (C=O) groups excluding carboxylic acids is 1. The number of nitrogens with two attached hydrogens (primary N) is 1. The maximum atomic E-state index is 12.2. The predicted molar refractivity (Wildman–Crippen MR) is 111 cm³/mol. The summed E-state index contributed by atoms with van der Waals surface area (Å²) in [6.07, 6.45) is 3.24. The zero-order valence-corrected chi connectivity index (χ0v) is 16.8. The number of aromatic nitrogens is 1. The van der Waals surface area contributed by atoms with Crippen LogP contribution in [0.2, 0.25) is 0 Å². The van der Waals surface area contributed by atoms with Gasteiger partial charge in [-0.3, -0.25) is 4.79 Å². The van der Waals surface area contributed by atoms with E-state index in [0.717, 1.165) is 24.8 Å². The van der Waals surface area contributed by atoms with Crippen LogP contribution in [0.5, 0.6) is 0 Å². The Labute approximate surface area is 169 Å².